The van der Waals surface area contributed by atoms with Crippen molar-refractivity contribution in [1.29, 1.82) is 0 Å². The lowest BCUT2D eigenvalue weighted by molar-refractivity contribution is 0.585. The molecule has 0 atom stereocenters. The Labute approximate surface area is 153 Å². The van der Waals surface area contributed by atoms with E-state index in [0.717, 1.165) is 11.5 Å². The molecule has 25 heavy (non-hydrogen) atoms. The zero-order valence-corrected chi connectivity index (χ0v) is 15.4. The maximum atomic E-state index is 13.6. The Morgan fingerprint density at radius 1 is 1.12 bits per heavy atom. The molecule has 0 unspecified atom stereocenters. The number of sulfonamides is 1. The third-order valence-electron chi connectivity index (χ3n) is 3.23. The van der Waals surface area contributed by atoms with Crippen LogP contribution in [0.3, 0.4) is 0 Å². The number of nitrogens with one attached hydrogen (secondary N) is 2. The molecule has 0 saturated heterocycles. The third-order valence-corrected chi connectivity index (χ3v) is 6.80. The zero-order valence-electron chi connectivity index (χ0n) is 13.0. The van der Waals surface area contributed by atoms with Gasteiger partial charge in [-0.25, -0.2) is 22.5 Å². The lowest BCUT2D eigenvalue weighted by atomic mass is 10.1. The van der Waals surface area contributed by atoms with Crippen molar-refractivity contribution >= 4 is 38.0 Å². The molecule has 2 N–H and O–H groups in total. The normalized spacial score (nSPS) is 11.6. The minimum Gasteiger partial charge on any atom is -0.359 e. The van der Waals surface area contributed by atoms with E-state index in [1.807, 2.05) is 0 Å². The van der Waals surface area contributed by atoms with Gasteiger partial charge in [-0.15, -0.1) is 11.3 Å². The SMILES string of the molecule is O=S(=O)(NCCNc1nc(Cc2ccccc2F)ns1)c1cccs1. The van der Waals surface area contributed by atoms with Gasteiger partial charge in [0.05, 0.1) is 0 Å². The topological polar surface area (TPSA) is 84.0 Å². The van der Waals surface area contributed by atoms with Crippen molar-refractivity contribution in [3.63, 3.8) is 0 Å². The molecule has 0 bridgehead atoms. The summed E-state index contributed by atoms with van der Waals surface area (Å²) in [6.07, 6.45) is 0.315. The number of nitrogens with zero attached hydrogens (tertiary/aromatic N) is 2. The van der Waals surface area contributed by atoms with Crippen LogP contribution in [0.5, 0.6) is 0 Å². The average molecular weight is 399 g/mol. The molecule has 0 amide bonds. The first-order valence-corrected chi connectivity index (χ1v) is 10.5. The van der Waals surface area contributed by atoms with Crippen molar-refractivity contribution in [2.45, 2.75) is 10.6 Å². The van der Waals surface area contributed by atoms with E-state index < -0.39 is 10.0 Å². The Bertz CT molecular complexity index is 926. The van der Waals surface area contributed by atoms with Crippen LogP contribution in [0, 0.1) is 5.82 Å². The van der Waals surface area contributed by atoms with E-state index in [0.29, 0.717) is 29.5 Å². The highest BCUT2D eigenvalue weighted by atomic mass is 32.2. The number of halogens is 1. The van der Waals surface area contributed by atoms with Gasteiger partial charge in [0.1, 0.15) is 15.9 Å². The lowest BCUT2D eigenvalue weighted by Crippen LogP contribution is -2.28. The molecule has 0 aliphatic heterocycles. The van der Waals surface area contributed by atoms with Crippen LogP contribution in [-0.4, -0.2) is 30.9 Å². The summed E-state index contributed by atoms with van der Waals surface area (Å²) in [6, 6.07) is 9.75. The Morgan fingerprint density at radius 2 is 1.96 bits per heavy atom. The fraction of sp³-hybridized carbons (Fsp3) is 0.200. The Hall–Kier alpha value is -1.88. The molecule has 2 heterocycles. The minimum atomic E-state index is -3.46. The molecule has 0 spiro atoms. The van der Waals surface area contributed by atoms with Gasteiger partial charge >= 0.3 is 0 Å². The van der Waals surface area contributed by atoms with Crippen LogP contribution in [0.15, 0.2) is 46.0 Å². The Kier molecular flexibility index (Phi) is 5.74. The van der Waals surface area contributed by atoms with E-state index in [4.69, 9.17) is 0 Å². The predicted octanol–water partition coefficient (Wildman–Crippen LogP) is 2.72. The summed E-state index contributed by atoms with van der Waals surface area (Å²) >= 11 is 2.33. The zero-order chi connectivity index (χ0) is 17.7. The number of anilines is 1. The second-order valence-electron chi connectivity index (χ2n) is 5.04. The number of hydrogen-bond donors (Lipinski definition) is 2. The number of benzene rings is 1. The van der Waals surface area contributed by atoms with Gasteiger partial charge in [-0.2, -0.15) is 4.37 Å². The highest BCUT2D eigenvalue weighted by Gasteiger charge is 2.14. The van der Waals surface area contributed by atoms with Gasteiger partial charge in [0.2, 0.25) is 15.2 Å². The van der Waals surface area contributed by atoms with E-state index in [1.165, 1.54) is 17.4 Å². The quantitative estimate of drug-likeness (QED) is 0.570. The van der Waals surface area contributed by atoms with Gasteiger partial charge in [0, 0.05) is 31.0 Å². The first kappa shape index (κ1) is 17.9. The van der Waals surface area contributed by atoms with Crippen LogP contribution in [-0.2, 0) is 16.4 Å². The number of aromatic nitrogens is 2. The van der Waals surface area contributed by atoms with Crippen molar-refractivity contribution in [3.05, 3.63) is 59.0 Å². The largest absolute Gasteiger partial charge is 0.359 e. The lowest BCUT2D eigenvalue weighted by Gasteiger charge is -2.05. The molecular weight excluding hydrogens is 383 g/mol. The maximum absolute atomic E-state index is 13.6. The van der Waals surface area contributed by atoms with Crippen molar-refractivity contribution in [2.75, 3.05) is 18.4 Å². The summed E-state index contributed by atoms with van der Waals surface area (Å²) in [5.41, 5.74) is 0.538. The van der Waals surface area contributed by atoms with E-state index in [1.54, 1.807) is 35.7 Å². The molecule has 6 nitrogen and oxygen atoms in total. The summed E-state index contributed by atoms with van der Waals surface area (Å²) in [4.78, 5) is 4.28. The summed E-state index contributed by atoms with van der Waals surface area (Å²) < 4.78 is 44.5. The molecule has 10 heteroatoms. The van der Waals surface area contributed by atoms with E-state index in [2.05, 4.69) is 19.4 Å². The molecule has 0 saturated carbocycles. The first-order chi connectivity index (χ1) is 12.0. The standard InChI is InChI=1S/C15H15FN4O2S3/c16-12-5-2-1-4-11(12)10-13-19-15(24-20-13)17-7-8-18-25(21,22)14-6-3-9-23-14/h1-6,9,18H,7-8,10H2,(H,17,19,20). The van der Waals surface area contributed by atoms with Gasteiger partial charge in [-0.3, -0.25) is 0 Å². The average Bonchev–Trinajstić information content (AvgIpc) is 3.26. The molecule has 0 radical (unpaired) electrons. The van der Waals surface area contributed by atoms with Crippen molar-refractivity contribution in [3.8, 4) is 0 Å². The molecule has 2 aromatic heterocycles. The predicted molar refractivity (Wildman–Crippen MR) is 97.1 cm³/mol. The van der Waals surface area contributed by atoms with Crippen LogP contribution in [0.4, 0.5) is 9.52 Å². The molecule has 0 aliphatic carbocycles. The second-order valence-corrected chi connectivity index (χ2v) is 8.73. The number of thiophene rings is 1. The molecule has 0 aliphatic rings. The van der Waals surface area contributed by atoms with Gasteiger partial charge < -0.3 is 5.32 Å². The molecule has 3 aromatic rings. The van der Waals surface area contributed by atoms with E-state index >= 15 is 0 Å². The van der Waals surface area contributed by atoms with Crippen LogP contribution in [0.2, 0.25) is 0 Å². The van der Waals surface area contributed by atoms with Gasteiger partial charge in [0.25, 0.3) is 0 Å². The van der Waals surface area contributed by atoms with Crippen molar-refractivity contribution < 1.29 is 12.8 Å². The molecule has 3 rings (SSSR count). The smallest absolute Gasteiger partial charge is 0.250 e. The summed E-state index contributed by atoms with van der Waals surface area (Å²) in [5, 5.41) is 5.30. The fourth-order valence-electron chi connectivity index (χ4n) is 2.05. The van der Waals surface area contributed by atoms with Crippen molar-refractivity contribution in [2.24, 2.45) is 0 Å². The van der Waals surface area contributed by atoms with Gasteiger partial charge in [-0.05, 0) is 23.1 Å². The Morgan fingerprint density at radius 3 is 2.72 bits per heavy atom. The highest BCUT2D eigenvalue weighted by molar-refractivity contribution is 7.91. The van der Waals surface area contributed by atoms with E-state index in [9.17, 15) is 12.8 Å². The third kappa shape index (κ3) is 4.82. The summed E-state index contributed by atoms with van der Waals surface area (Å²) in [5.74, 6) is 0.242. The minimum absolute atomic E-state index is 0.225. The molecular formula is C15H15FN4O2S3. The molecule has 0 fully saturated rings. The van der Waals surface area contributed by atoms with Gasteiger partial charge in [-0.1, -0.05) is 24.3 Å². The highest BCUT2D eigenvalue weighted by Crippen LogP contribution is 2.16. The Balaban J connectivity index is 1.48. The van der Waals surface area contributed by atoms with Crippen LogP contribution >= 0.6 is 22.9 Å². The van der Waals surface area contributed by atoms with Crippen molar-refractivity contribution in [1.82, 2.24) is 14.1 Å². The first-order valence-electron chi connectivity index (χ1n) is 7.37. The summed E-state index contributed by atoms with van der Waals surface area (Å²) in [6.45, 7) is 0.599. The number of rotatable bonds is 8. The molecule has 132 valence electrons. The maximum Gasteiger partial charge on any atom is 0.250 e. The molecule has 1 aromatic carbocycles. The fourth-order valence-corrected chi connectivity index (χ4v) is 4.73. The summed E-state index contributed by atoms with van der Waals surface area (Å²) in [7, 11) is -3.46. The van der Waals surface area contributed by atoms with Gasteiger partial charge in [0.15, 0.2) is 0 Å². The van der Waals surface area contributed by atoms with Crippen LogP contribution in [0.25, 0.3) is 0 Å². The second kappa shape index (κ2) is 8.00. The van der Waals surface area contributed by atoms with Crippen LogP contribution in [0.1, 0.15) is 11.4 Å². The van der Waals surface area contributed by atoms with Crippen LogP contribution < -0.4 is 10.0 Å². The number of hydrogen-bond acceptors (Lipinski definition) is 7. The van der Waals surface area contributed by atoms with E-state index in [-0.39, 0.29) is 16.6 Å². The monoisotopic (exact) mass is 398 g/mol.